The number of hydrogen-bond acceptors (Lipinski definition) is 8. The fourth-order valence-corrected chi connectivity index (χ4v) is 3.22. The maximum Gasteiger partial charge on any atom is 0.330 e. The molecule has 0 saturated carbocycles. The second-order valence-electron chi connectivity index (χ2n) is 6.14. The quantitative estimate of drug-likeness (QED) is 0.671. The van der Waals surface area contributed by atoms with E-state index in [9.17, 15) is 18.0 Å². The van der Waals surface area contributed by atoms with E-state index in [0.717, 1.165) is 6.26 Å². The predicted octanol–water partition coefficient (Wildman–Crippen LogP) is -1.07. The van der Waals surface area contributed by atoms with E-state index in [4.69, 9.17) is 18.4 Å². The summed E-state index contributed by atoms with van der Waals surface area (Å²) in [6.45, 7) is 3.13. The molecule has 1 N–H and O–H groups in total. The van der Waals surface area contributed by atoms with Crippen LogP contribution in [0, 0.1) is 0 Å². The Morgan fingerprint density at radius 3 is 2.58 bits per heavy atom. The molecule has 3 heterocycles. The van der Waals surface area contributed by atoms with Crippen molar-refractivity contribution in [3.63, 3.8) is 0 Å². The molecule has 4 atom stereocenters. The summed E-state index contributed by atoms with van der Waals surface area (Å²) < 4.78 is 45.6. The van der Waals surface area contributed by atoms with Crippen LogP contribution in [0.15, 0.2) is 21.9 Å². The molecule has 0 unspecified atom stereocenters. The van der Waals surface area contributed by atoms with E-state index in [0.29, 0.717) is 0 Å². The molecule has 0 radical (unpaired) electrons. The van der Waals surface area contributed by atoms with Crippen molar-refractivity contribution in [2.45, 2.75) is 44.2 Å². The zero-order chi connectivity index (χ0) is 17.7. The van der Waals surface area contributed by atoms with Gasteiger partial charge in [-0.2, -0.15) is 8.42 Å². The van der Waals surface area contributed by atoms with E-state index >= 15 is 0 Å². The van der Waals surface area contributed by atoms with Gasteiger partial charge in [0.2, 0.25) is 0 Å². The number of ether oxygens (including phenoxy) is 3. The standard InChI is InChI=1S/C13H18N2O8S/c1-13(2)22-9-7(6-20-24(3,18)19)21-11(10(9)23-13)15-5-4-8(16)14-12(15)17/h4-5,7,9-11H,6H2,1-3H3,(H,14,16,17)/t7-,9+,10-,11+/m0/s1. The monoisotopic (exact) mass is 362 g/mol. The van der Waals surface area contributed by atoms with Gasteiger partial charge in [-0.3, -0.25) is 18.5 Å². The van der Waals surface area contributed by atoms with E-state index < -0.39 is 51.7 Å². The van der Waals surface area contributed by atoms with Crippen LogP contribution in [0.3, 0.4) is 0 Å². The van der Waals surface area contributed by atoms with Crippen LogP contribution in [-0.2, 0) is 28.5 Å². The minimum atomic E-state index is -3.66. The molecule has 2 saturated heterocycles. The molecule has 10 nitrogen and oxygen atoms in total. The van der Waals surface area contributed by atoms with Crippen molar-refractivity contribution in [1.82, 2.24) is 9.55 Å². The number of rotatable bonds is 4. The lowest BCUT2D eigenvalue weighted by atomic mass is 10.1. The van der Waals surface area contributed by atoms with Crippen molar-refractivity contribution in [2.24, 2.45) is 0 Å². The summed E-state index contributed by atoms with van der Waals surface area (Å²) in [5.74, 6) is -0.924. The minimum absolute atomic E-state index is 0.270. The largest absolute Gasteiger partial charge is 0.346 e. The summed E-state index contributed by atoms with van der Waals surface area (Å²) in [7, 11) is -3.66. The number of hydrogen-bond donors (Lipinski definition) is 1. The topological polar surface area (TPSA) is 126 Å². The Morgan fingerprint density at radius 1 is 1.29 bits per heavy atom. The second-order valence-corrected chi connectivity index (χ2v) is 7.78. The number of nitrogens with zero attached hydrogens (tertiary/aromatic N) is 1. The van der Waals surface area contributed by atoms with Crippen LogP contribution in [0.4, 0.5) is 0 Å². The smallest absolute Gasteiger partial charge is 0.330 e. The summed E-state index contributed by atoms with van der Waals surface area (Å²) in [6.07, 6.45) is -0.691. The Hall–Kier alpha value is -1.53. The van der Waals surface area contributed by atoms with Crippen LogP contribution >= 0.6 is 0 Å². The highest BCUT2D eigenvalue weighted by Crippen LogP contribution is 2.42. The third-order valence-corrected chi connectivity index (χ3v) is 4.26. The summed E-state index contributed by atoms with van der Waals surface area (Å²) >= 11 is 0. The molecular formula is C13H18N2O8S. The van der Waals surface area contributed by atoms with Gasteiger partial charge in [-0.15, -0.1) is 0 Å². The van der Waals surface area contributed by atoms with Crippen LogP contribution < -0.4 is 11.2 Å². The highest BCUT2D eigenvalue weighted by molar-refractivity contribution is 7.85. The van der Waals surface area contributed by atoms with E-state index in [2.05, 4.69) is 4.98 Å². The number of aromatic nitrogens is 2. The molecule has 1 aromatic rings. The molecule has 3 rings (SSSR count). The van der Waals surface area contributed by atoms with Gasteiger partial charge in [0, 0.05) is 12.3 Å². The Kier molecular flexibility index (Phi) is 4.16. The zero-order valence-corrected chi connectivity index (χ0v) is 14.1. The average molecular weight is 362 g/mol. The van der Waals surface area contributed by atoms with E-state index in [1.165, 1.54) is 16.8 Å². The lowest BCUT2D eigenvalue weighted by molar-refractivity contribution is -0.199. The molecular weight excluding hydrogens is 344 g/mol. The van der Waals surface area contributed by atoms with Crippen LogP contribution in [0.2, 0.25) is 0 Å². The van der Waals surface area contributed by atoms with Crippen molar-refractivity contribution < 1.29 is 26.8 Å². The Morgan fingerprint density at radius 2 is 1.96 bits per heavy atom. The van der Waals surface area contributed by atoms with Gasteiger partial charge in [-0.25, -0.2) is 4.79 Å². The maximum atomic E-state index is 12.0. The van der Waals surface area contributed by atoms with Gasteiger partial charge in [-0.1, -0.05) is 0 Å². The van der Waals surface area contributed by atoms with Crippen molar-refractivity contribution in [3.8, 4) is 0 Å². The third-order valence-electron chi connectivity index (χ3n) is 3.70. The Balaban J connectivity index is 1.90. The van der Waals surface area contributed by atoms with Gasteiger partial charge in [0.25, 0.3) is 15.7 Å². The summed E-state index contributed by atoms with van der Waals surface area (Å²) in [6, 6.07) is 1.18. The van der Waals surface area contributed by atoms with Gasteiger partial charge in [0.05, 0.1) is 12.9 Å². The zero-order valence-electron chi connectivity index (χ0n) is 13.3. The molecule has 2 fully saturated rings. The first-order chi connectivity index (χ1) is 11.1. The molecule has 24 heavy (non-hydrogen) atoms. The highest BCUT2D eigenvalue weighted by Gasteiger charge is 2.56. The summed E-state index contributed by atoms with van der Waals surface area (Å²) in [4.78, 5) is 25.4. The van der Waals surface area contributed by atoms with Crippen LogP contribution in [0.1, 0.15) is 20.1 Å². The number of H-pyrrole nitrogens is 1. The van der Waals surface area contributed by atoms with E-state index in [1.54, 1.807) is 13.8 Å². The summed E-state index contributed by atoms with van der Waals surface area (Å²) in [5, 5.41) is 0. The first-order valence-electron chi connectivity index (χ1n) is 7.23. The highest BCUT2D eigenvalue weighted by atomic mass is 32.2. The van der Waals surface area contributed by atoms with Gasteiger partial charge in [-0.05, 0) is 13.8 Å². The van der Waals surface area contributed by atoms with Gasteiger partial charge in [0.15, 0.2) is 12.0 Å². The SMILES string of the molecule is CC1(C)O[C@H]2[C@H](O1)[C@H](n1ccc(=O)[nH]c1=O)O[C@H]2COS(C)(=O)=O. The van der Waals surface area contributed by atoms with Gasteiger partial charge >= 0.3 is 5.69 Å². The molecule has 0 aliphatic carbocycles. The lowest BCUT2D eigenvalue weighted by Gasteiger charge is -2.24. The number of fused-ring (bicyclic) bond motifs is 1. The normalized spacial score (nSPS) is 32.0. The molecule has 0 amide bonds. The number of nitrogens with one attached hydrogen (secondary N) is 1. The van der Waals surface area contributed by atoms with Crippen molar-refractivity contribution in [3.05, 3.63) is 33.1 Å². The predicted molar refractivity (Wildman–Crippen MR) is 79.9 cm³/mol. The Bertz CT molecular complexity index is 842. The van der Waals surface area contributed by atoms with Crippen LogP contribution in [0.25, 0.3) is 0 Å². The molecule has 11 heteroatoms. The third kappa shape index (κ3) is 3.44. The molecule has 0 bridgehead atoms. The maximum absolute atomic E-state index is 12.0. The van der Waals surface area contributed by atoms with Crippen molar-refractivity contribution >= 4 is 10.1 Å². The average Bonchev–Trinajstić information content (AvgIpc) is 2.90. The van der Waals surface area contributed by atoms with E-state index in [1.807, 2.05) is 0 Å². The fraction of sp³-hybridized carbons (Fsp3) is 0.692. The van der Waals surface area contributed by atoms with Crippen LogP contribution in [0.5, 0.6) is 0 Å². The first kappa shape index (κ1) is 17.3. The lowest BCUT2D eigenvalue weighted by Crippen LogP contribution is -2.37. The van der Waals surface area contributed by atoms with Crippen molar-refractivity contribution in [2.75, 3.05) is 12.9 Å². The molecule has 1 aromatic heterocycles. The summed E-state index contributed by atoms with van der Waals surface area (Å²) in [5.41, 5.74) is -1.20. The molecule has 0 aromatic carbocycles. The van der Waals surface area contributed by atoms with Crippen LogP contribution in [-0.4, -0.2) is 54.9 Å². The molecule has 0 spiro atoms. The second kappa shape index (κ2) is 5.77. The van der Waals surface area contributed by atoms with Crippen molar-refractivity contribution in [1.29, 1.82) is 0 Å². The number of aromatic amines is 1. The fourth-order valence-electron chi connectivity index (χ4n) is 2.84. The molecule has 2 aliphatic rings. The van der Waals surface area contributed by atoms with Gasteiger partial charge < -0.3 is 14.2 Å². The minimum Gasteiger partial charge on any atom is -0.346 e. The van der Waals surface area contributed by atoms with Gasteiger partial charge in [0.1, 0.15) is 18.3 Å². The van der Waals surface area contributed by atoms with E-state index in [-0.39, 0.29) is 6.61 Å². The Labute approximate surface area is 137 Å². The first-order valence-corrected chi connectivity index (χ1v) is 9.04. The molecule has 134 valence electrons. The molecule has 2 aliphatic heterocycles.